The van der Waals surface area contributed by atoms with Crippen LogP contribution >= 0.6 is 11.8 Å². The molecule has 2 fully saturated rings. The van der Waals surface area contributed by atoms with Crippen molar-refractivity contribution >= 4 is 17.5 Å². The number of thioether (sulfide) groups is 1. The maximum absolute atomic E-state index is 12.6. The quantitative estimate of drug-likeness (QED) is 0.764. The monoisotopic (exact) mass is 274 g/mol. The molecule has 2 bridgehead atoms. The minimum Gasteiger partial charge on any atom is -0.468 e. The molecule has 0 N–H and O–H groups in total. The number of hydrogen-bond acceptors (Lipinski definition) is 3. The van der Waals surface area contributed by atoms with Crippen LogP contribution in [0.1, 0.15) is 31.4 Å². The van der Waals surface area contributed by atoms with Crippen molar-refractivity contribution in [2.75, 3.05) is 5.75 Å². The Morgan fingerprint density at radius 3 is 3.26 bits per heavy atom. The van der Waals surface area contributed by atoms with E-state index in [0.717, 1.165) is 42.6 Å². The summed E-state index contributed by atoms with van der Waals surface area (Å²) in [6.07, 6.45) is 8.64. The van der Waals surface area contributed by atoms with E-state index in [9.17, 15) is 4.79 Å². The fourth-order valence-corrected chi connectivity index (χ4v) is 5.08. The van der Waals surface area contributed by atoms with E-state index in [1.165, 1.54) is 6.42 Å². The number of fused-ring (bicyclic) bond motifs is 1. The van der Waals surface area contributed by atoms with Gasteiger partial charge in [0.2, 0.25) is 0 Å². The van der Waals surface area contributed by atoms with Crippen LogP contribution in [0.2, 0.25) is 0 Å². The Hall–Kier alpha value is -0.960. The molecule has 2 nitrogen and oxygen atoms in total. The molecular formula is C16H18O2S. The molecule has 19 heavy (non-hydrogen) atoms. The van der Waals surface area contributed by atoms with Crippen molar-refractivity contribution < 1.29 is 9.21 Å². The van der Waals surface area contributed by atoms with Crippen LogP contribution in [0.4, 0.5) is 0 Å². The summed E-state index contributed by atoms with van der Waals surface area (Å²) in [4.78, 5) is 12.6. The lowest BCUT2D eigenvalue weighted by atomic mass is 9.69. The van der Waals surface area contributed by atoms with Gasteiger partial charge in [0.15, 0.2) is 0 Å². The standard InChI is InChI=1S/C16H18O2S/c17-15(10-19-9-13-2-1-5-18-13)16-4-3-11-6-12(7-16)14(11)8-16/h1-3,5,12,14H,4,6-10H2. The van der Waals surface area contributed by atoms with Gasteiger partial charge in [-0.15, -0.1) is 11.8 Å². The van der Waals surface area contributed by atoms with Crippen LogP contribution < -0.4 is 0 Å². The van der Waals surface area contributed by atoms with E-state index in [2.05, 4.69) is 6.08 Å². The van der Waals surface area contributed by atoms with E-state index < -0.39 is 0 Å². The Bertz CT molecular complexity index is 531. The zero-order chi connectivity index (χ0) is 12.9. The number of furan rings is 1. The molecule has 0 saturated heterocycles. The molecule has 0 radical (unpaired) electrons. The smallest absolute Gasteiger partial charge is 0.149 e. The Morgan fingerprint density at radius 1 is 1.47 bits per heavy atom. The van der Waals surface area contributed by atoms with Gasteiger partial charge in [0.1, 0.15) is 11.5 Å². The minimum absolute atomic E-state index is 0.00545. The molecule has 1 aromatic rings. The summed E-state index contributed by atoms with van der Waals surface area (Å²) in [5.74, 6) is 4.49. The third kappa shape index (κ3) is 1.82. The van der Waals surface area contributed by atoms with Crippen molar-refractivity contribution in [1.29, 1.82) is 0 Å². The van der Waals surface area contributed by atoms with Crippen LogP contribution in [-0.2, 0) is 10.5 Å². The van der Waals surface area contributed by atoms with Crippen molar-refractivity contribution in [3.05, 3.63) is 35.8 Å². The highest BCUT2D eigenvalue weighted by molar-refractivity contribution is 7.99. The molecule has 100 valence electrons. The van der Waals surface area contributed by atoms with Crippen LogP contribution in [0, 0.1) is 17.3 Å². The fourth-order valence-electron chi connectivity index (χ4n) is 4.12. The number of rotatable bonds is 5. The topological polar surface area (TPSA) is 30.2 Å². The average molecular weight is 274 g/mol. The normalized spacial score (nSPS) is 34.8. The average Bonchev–Trinajstić information content (AvgIpc) is 2.90. The van der Waals surface area contributed by atoms with Crippen LogP contribution in [0.25, 0.3) is 0 Å². The van der Waals surface area contributed by atoms with Gasteiger partial charge in [-0.25, -0.2) is 0 Å². The highest BCUT2D eigenvalue weighted by Gasteiger charge is 2.56. The summed E-state index contributed by atoms with van der Waals surface area (Å²) in [5.41, 5.74) is 1.65. The SMILES string of the molecule is O=C(CSCc1ccco1)C12CC=C3CC(C1)C3C2. The number of hydrogen-bond donors (Lipinski definition) is 0. The van der Waals surface area contributed by atoms with E-state index in [4.69, 9.17) is 4.42 Å². The van der Waals surface area contributed by atoms with Crippen LogP contribution in [0.15, 0.2) is 34.5 Å². The predicted molar refractivity (Wildman–Crippen MR) is 75.8 cm³/mol. The molecule has 3 unspecified atom stereocenters. The van der Waals surface area contributed by atoms with Crippen molar-refractivity contribution in [2.45, 2.75) is 31.4 Å². The van der Waals surface area contributed by atoms with E-state index in [1.807, 2.05) is 12.1 Å². The predicted octanol–water partition coefficient (Wildman–Crippen LogP) is 3.83. The zero-order valence-corrected chi connectivity index (χ0v) is 11.7. The molecule has 3 atom stereocenters. The van der Waals surface area contributed by atoms with Crippen molar-refractivity contribution in [3.8, 4) is 0 Å². The Kier molecular flexibility index (Phi) is 2.66. The second-order valence-electron chi connectivity index (χ2n) is 6.24. The fraction of sp³-hybridized carbons (Fsp3) is 0.562. The summed E-state index contributed by atoms with van der Waals surface area (Å²) in [6, 6.07) is 3.87. The maximum Gasteiger partial charge on any atom is 0.149 e. The Morgan fingerprint density at radius 2 is 2.42 bits per heavy atom. The molecule has 3 aliphatic rings. The second kappa shape index (κ2) is 4.27. The molecule has 0 aromatic carbocycles. The molecule has 0 aliphatic heterocycles. The van der Waals surface area contributed by atoms with Gasteiger partial charge in [-0.05, 0) is 49.7 Å². The summed E-state index contributed by atoms with van der Waals surface area (Å²) in [7, 11) is 0. The first-order valence-corrected chi connectivity index (χ1v) is 8.25. The zero-order valence-electron chi connectivity index (χ0n) is 10.9. The molecule has 3 heteroatoms. The van der Waals surface area contributed by atoms with Crippen LogP contribution in [-0.4, -0.2) is 11.5 Å². The molecular weight excluding hydrogens is 256 g/mol. The minimum atomic E-state index is 0.00545. The molecule has 1 aromatic heterocycles. The summed E-state index contributed by atoms with van der Waals surface area (Å²) in [5, 5.41) is 0. The first-order chi connectivity index (χ1) is 9.27. The lowest BCUT2D eigenvalue weighted by molar-refractivity contribution is -0.125. The molecule has 0 amide bonds. The van der Waals surface area contributed by atoms with Crippen molar-refractivity contribution in [1.82, 2.24) is 0 Å². The molecule has 3 aliphatic carbocycles. The third-order valence-corrected chi connectivity index (χ3v) is 6.17. The van der Waals surface area contributed by atoms with E-state index >= 15 is 0 Å². The lowest BCUT2D eigenvalue weighted by Gasteiger charge is -2.36. The molecule has 2 saturated carbocycles. The number of ketones is 1. The lowest BCUT2D eigenvalue weighted by Crippen LogP contribution is -2.31. The van der Waals surface area contributed by atoms with Gasteiger partial charge < -0.3 is 4.42 Å². The molecule has 4 rings (SSSR count). The molecule has 0 spiro atoms. The summed E-state index contributed by atoms with van der Waals surface area (Å²) < 4.78 is 5.30. The number of carbonyl (C=O) groups is 1. The molecule has 1 heterocycles. The number of allylic oxidation sites excluding steroid dienone is 2. The highest BCUT2D eigenvalue weighted by atomic mass is 32.2. The first kappa shape index (κ1) is 11.8. The van der Waals surface area contributed by atoms with Gasteiger partial charge >= 0.3 is 0 Å². The first-order valence-electron chi connectivity index (χ1n) is 7.09. The second-order valence-corrected chi connectivity index (χ2v) is 7.22. The number of carbonyl (C=O) groups excluding carboxylic acids is 1. The van der Waals surface area contributed by atoms with Gasteiger partial charge in [0.25, 0.3) is 0 Å². The van der Waals surface area contributed by atoms with Crippen LogP contribution in [0.3, 0.4) is 0 Å². The Labute approximate surface area is 117 Å². The van der Waals surface area contributed by atoms with Crippen LogP contribution in [0.5, 0.6) is 0 Å². The van der Waals surface area contributed by atoms with Gasteiger partial charge in [-0.3, -0.25) is 4.79 Å². The van der Waals surface area contributed by atoms with Crippen molar-refractivity contribution in [3.63, 3.8) is 0 Å². The van der Waals surface area contributed by atoms with E-state index in [1.54, 1.807) is 23.6 Å². The largest absolute Gasteiger partial charge is 0.468 e. The van der Waals surface area contributed by atoms with E-state index in [-0.39, 0.29) is 5.41 Å². The Balaban J connectivity index is 1.37. The maximum atomic E-state index is 12.6. The summed E-state index contributed by atoms with van der Waals surface area (Å²) in [6.45, 7) is 0. The third-order valence-electron chi connectivity index (χ3n) is 5.21. The number of Topliss-reactive ketones (excluding diaryl/α,β-unsaturated/α-hetero) is 1. The van der Waals surface area contributed by atoms with Gasteiger partial charge in [0.05, 0.1) is 17.8 Å². The van der Waals surface area contributed by atoms with Gasteiger partial charge in [-0.2, -0.15) is 0 Å². The van der Waals surface area contributed by atoms with Gasteiger partial charge in [0, 0.05) is 5.41 Å². The van der Waals surface area contributed by atoms with Gasteiger partial charge in [-0.1, -0.05) is 11.6 Å². The highest BCUT2D eigenvalue weighted by Crippen LogP contribution is 2.63. The van der Waals surface area contributed by atoms with E-state index in [0.29, 0.717) is 11.5 Å². The van der Waals surface area contributed by atoms with Crippen molar-refractivity contribution in [2.24, 2.45) is 17.3 Å². The summed E-state index contributed by atoms with van der Waals surface area (Å²) >= 11 is 1.70.